The van der Waals surface area contributed by atoms with E-state index in [1.807, 2.05) is 11.4 Å². The number of unbranched alkanes of at least 4 members (excludes halogenated alkanes) is 2. The number of hydrogen-bond donors (Lipinski definition) is 2. The second-order valence-corrected chi connectivity index (χ2v) is 10.4. The molecule has 0 unspecified atom stereocenters. The minimum absolute atomic E-state index is 0.00737. The van der Waals surface area contributed by atoms with Gasteiger partial charge >= 0.3 is 0 Å². The lowest BCUT2D eigenvalue weighted by molar-refractivity contribution is -0.110. The molecule has 5 rings (SSSR count). The van der Waals surface area contributed by atoms with Crippen LogP contribution in [0, 0.1) is 23.2 Å². The molecule has 2 bridgehead atoms. The number of allylic oxidation sites excluding steroid dienone is 2. The van der Waals surface area contributed by atoms with Crippen LogP contribution in [0.5, 0.6) is 5.75 Å². The van der Waals surface area contributed by atoms with E-state index in [0.717, 1.165) is 28.8 Å². The van der Waals surface area contributed by atoms with E-state index >= 15 is 0 Å². The maximum atomic E-state index is 13.2. The van der Waals surface area contributed by atoms with Crippen LogP contribution in [0.3, 0.4) is 0 Å². The smallest absolute Gasteiger partial charge is 0.252 e. The van der Waals surface area contributed by atoms with Crippen molar-refractivity contribution in [1.29, 1.82) is 0 Å². The van der Waals surface area contributed by atoms with Crippen LogP contribution in [-0.4, -0.2) is 17.1 Å². The molecule has 0 saturated heterocycles. The average Bonchev–Trinajstić information content (AvgIpc) is 3.11. The fourth-order valence-corrected chi connectivity index (χ4v) is 6.42. The van der Waals surface area contributed by atoms with Gasteiger partial charge in [0.05, 0.1) is 5.56 Å². The molecule has 0 spiro atoms. The molecule has 2 N–H and O–H groups in total. The van der Waals surface area contributed by atoms with Crippen molar-refractivity contribution in [1.82, 2.24) is 5.32 Å². The van der Waals surface area contributed by atoms with E-state index in [9.17, 15) is 9.90 Å². The summed E-state index contributed by atoms with van der Waals surface area (Å²) in [4.78, 5) is 13.2. The molecule has 29 heavy (non-hydrogen) atoms. The Balaban J connectivity index is 1.52. The van der Waals surface area contributed by atoms with Gasteiger partial charge in [-0.3, -0.25) is 4.79 Å². The summed E-state index contributed by atoms with van der Waals surface area (Å²) in [5.74, 6) is 2.08. The fraction of sp³-hybridized carbons (Fsp3) is 0.560. The van der Waals surface area contributed by atoms with E-state index in [2.05, 4.69) is 38.2 Å². The molecular weight excluding hydrogens is 378 g/mol. The van der Waals surface area contributed by atoms with Crippen LogP contribution < -0.4 is 5.32 Å². The van der Waals surface area contributed by atoms with Crippen LogP contribution in [0.4, 0.5) is 0 Å². The molecule has 3 aliphatic rings. The van der Waals surface area contributed by atoms with E-state index in [1.54, 1.807) is 23.5 Å². The molecule has 1 heterocycles. The molecule has 3 nitrogen and oxygen atoms in total. The Labute approximate surface area is 178 Å². The number of benzene rings is 1. The number of hydrogen-bond acceptors (Lipinski definition) is 3. The van der Waals surface area contributed by atoms with E-state index in [-0.39, 0.29) is 17.7 Å². The lowest BCUT2D eigenvalue weighted by atomic mass is 9.44. The first-order valence-corrected chi connectivity index (χ1v) is 12.0. The Kier molecular flexibility index (Phi) is 5.74. The number of carbonyl (C=O) groups excluding carboxylic acids is 1. The Morgan fingerprint density at radius 2 is 2.14 bits per heavy atom. The summed E-state index contributed by atoms with van der Waals surface area (Å²) in [6.45, 7) is 6.97. The predicted octanol–water partition coefficient (Wildman–Crippen LogP) is 6.52. The first kappa shape index (κ1) is 20.5. The van der Waals surface area contributed by atoms with Gasteiger partial charge < -0.3 is 10.4 Å². The van der Waals surface area contributed by atoms with Gasteiger partial charge in [0.2, 0.25) is 0 Å². The number of phenols is 1. The highest BCUT2D eigenvalue weighted by Gasteiger charge is 2.57. The third-order valence-electron chi connectivity index (χ3n) is 7.50. The average molecular weight is 412 g/mol. The zero-order valence-corrected chi connectivity index (χ0v) is 18.6. The van der Waals surface area contributed by atoms with E-state index < -0.39 is 0 Å². The van der Waals surface area contributed by atoms with E-state index in [1.165, 1.54) is 25.7 Å². The second kappa shape index (κ2) is 8.14. The van der Waals surface area contributed by atoms with Gasteiger partial charge in [0, 0.05) is 21.5 Å². The van der Waals surface area contributed by atoms with Crippen LogP contribution in [0.15, 0.2) is 35.7 Å². The molecule has 2 aromatic rings. The highest BCUT2D eigenvalue weighted by Crippen LogP contribution is 2.61. The van der Waals surface area contributed by atoms with Crippen molar-refractivity contribution in [2.24, 2.45) is 23.2 Å². The molecule has 0 radical (unpaired) electrons. The first-order chi connectivity index (χ1) is 13.9. The van der Waals surface area contributed by atoms with E-state index in [0.29, 0.717) is 22.8 Å². The van der Waals surface area contributed by atoms with Gasteiger partial charge in [-0.25, -0.2) is 0 Å². The molecule has 1 amide bonds. The van der Waals surface area contributed by atoms with Crippen molar-refractivity contribution in [3.8, 4) is 5.75 Å². The molecule has 1 aromatic heterocycles. The number of fused-ring (bicyclic) bond motifs is 3. The number of thiophene rings is 1. The summed E-state index contributed by atoms with van der Waals surface area (Å²) in [5.41, 5.74) is 1.01. The Morgan fingerprint density at radius 1 is 1.31 bits per heavy atom. The second-order valence-electron chi connectivity index (χ2n) is 9.53. The molecule has 156 valence electrons. The monoisotopic (exact) mass is 411 g/mol. The van der Waals surface area contributed by atoms with Crippen LogP contribution in [0.2, 0.25) is 0 Å². The van der Waals surface area contributed by atoms with Gasteiger partial charge in [-0.1, -0.05) is 45.8 Å². The number of amides is 1. The van der Waals surface area contributed by atoms with Gasteiger partial charge in [0.1, 0.15) is 5.75 Å². The third kappa shape index (κ3) is 3.84. The quantitative estimate of drug-likeness (QED) is 0.402. The normalized spacial score (nSPS) is 27.8. The summed E-state index contributed by atoms with van der Waals surface area (Å²) in [6, 6.07) is 5.50. The summed E-state index contributed by atoms with van der Waals surface area (Å²) in [6.07, 6.45) is 11.8. The first-order valence-electron chi connectivity index (χ1n) is 11.1. The summed E-state index contributed by atoms with van der Waals surface area (Å²) >= 11 is 1.56. The Hall–Kier alpha value is -1.81. The van der Waals surface area contributed by atoms with Gasteiger partial charge in [-0.05, 0) is 67.1 Å². The standard InChI is InChI=1S/C25H33NO2S/c1-4-5-6-7-8-9-16-12-17-13-21(25(17,2)3)23(16)26-24(28)20-15-29-22-11-10-18(27)14-19(20)22/h7-8,10-11,14-17,21,23,27H,4-6,9,12-13H2,1-3H3,(H,26,28)/b8-7-/t16-,17+,21+,23+/m0/s1. The number of phenolic OH excluding ortho intramolecular Hbond substituents is 1. The molecule has 4 heteroatoms. The van der Waals surface area contributed by atoms with Crippen molar-refractivity contribution in [2.45, 2.75) is 65.3 Å². The minimum Gasteiger partial charge on any atom is -0.508 e. The van der Waals surface area contributed by atoms with Crippen molar-refractivity contribution < 1.29 is 9.90 Å². The maximum Gasteiger partial charge on any atom is 0.252 e. The SMILES string of the molecule is CCCC/C=C\C[C@H]1C[C@@H]2C[C@H]([C@@H]1NC(=O)c1csc3ccc(O)cc13)C2(C)C. The third-order valence-corrected chi connectivity index (χ3v) is 8.47. The number of rotatable bonds is 7. The topological polar surface area (TPSA) is 49.3 Å². The molecular formula is C25H33NO2S. The van der Waals surface area contributed by atoms with Crippen molar-refractivity contribution in [2.75, 3.05) is 0 Å². The van der Waals surface area contributed by atoms with Crippen LogP contribution in [0.25, 0.3) is 10.1 Å². The zero-order chi connectivity index (χ0) is 20.6. The van der Waals surface area contributed by atoms with Crippen LogP contribution >= 0.6 is 11.3 Å². The maximum absolute atomic E-state index is 13.2. The van der Waals surface area contributed by atoms with Crippen LogP contribution in [0.1, 0.15) is 69.7 Å². The summed E-state index contributed by atoms with van der Waals surface area (Å²) < 4.78 is 1.04. The molecule has 1 aromatic carbocycles. The fourth-order valence-electron chi connectivity index (χ4n) is 5.50. The lowest BCUT2D eigenvalue weighted by Gasteiger charge is -2.62. The Morgan fingerprint density at radius 3 is 2.90 bits per heavy atom. The molecule has 4 atom stereocenters. The van der Waals surface area contributed by atoms with E-state index in [4.69, 9.17) is 0 Å². The lowest BCUT2D eigenvalue weighted by Crippen LogP contribution is -2.63. The molecule has 3 aliphatic carbocycles. The van der Waals surface area contributed by atoms with Gasteiger partial charge in [-0.15, -0.1) is 11.3 Å². The zero-order valence-electron chi connectivity index (χ0n) is 17.8. The van der Waals surface area contributed by atoms with Crippen molar-refractivity contribution in [3.63, 3.8) is 0 Å². The highest BCUT2D eigenvalue weighted by atomic mass is 32.1. The van der Waals surface area contributed by atoms with Crippen molar-refractivity contribution in [3.05, 3.63) is 41.3 Å². The summed E-state index contributed by atoms with van der Waals surface area (Å²) in [7, 11) is 0. The summed E-state index contributed by atoms with van der Waals surface area (Å²) in [5, 5.41) is 16.1. The van der Waals surface area contributed by atoms with Gasteiger partial charge in [-0.2, -0.15) is 0 Å². The number of carbonyl (C=O) groups is 1. The minimum atomic E-state index is 0.00737. The highest BCUT2D eigenvalue weighted by molar-refractivity contribution is 7.17. The number of aromatic hydroxyl groups is 1. The van der Waals surface area contributed by atoms with Gasteiger partial charge in [0.25, 0.3) is 5.91 Å². The van der Waals surface area contributed by atoms with Crippen LogP contribution in [-0.2, 0) is 0 Å². The Bertz CT molecular complexity index is 913. The predicted molar refractivity (Wildman–Crippen MR) is 122 cm³/mol. The number of nitrogens with one attached hydrogen (secondary N) is 1. The molecule has 3 fully saturated rings. The largest absolute Gasteiger partial charge is 0.508 e. The molecule has 3 saturated carbocycles. The van der Waals surface area contributed by atoms with Crippen molar-refractivity contribution >= 4 is 27.3 Å². The molecule has 0 aliphatic heterocycles. The van der Waals surface area contributed by atoms with Gasteiger partial charge in [0.15, 0.2) is 0 Å².